The first-order chi connectivity index (χ1) is 10.8. The number of guanidine groups is 1. The van der Waals surface area contributed by atoms with Gasteiger partial charge in [0.15, 0.2) is 5.96 Å². The van der Waals surface area contributed by atoms with Gasteiger partial charge in [-0.05, 0) is 56.5 Å². The van der Waals surface area contributed by atoms with Crippen molar-refractivity contribution < 1.29 is 4.42 Å². The van der Waals surface area contributed by atoms with Crippen LogP contribution in [0.15, 0.2) is 27.8 Å². The molecule has 1 fully saturated rings. The maximum Gasteiger partial charge on any atom is 0.191 e. The van der Waals surface area contributed by atoms with Gasteiger partial charge < -0.3 is 15.1 Å². The zero-order valence-corrected chi connectivity index (χ0v) is 17.2. The Morgan fingerprint density at radius 2 is 2.17 bits per heavy atom. The lowest BCUT2D eigenvalue weighted by molar-refractivity contribution is 0.215. The van der Waals surface area contributed by atoms with Gasteiger partial charge in [0.05, 0.1) is 12.3 Å². The van der Waals surface area contributed by atoms with Crippen molar-refractivity contribution in [3.05, 3.63) is 24.2 Å². The number of likely N-dealkylation sites (tertiary alicyclic amines) is 1. The highest BCUT2D eigenvalue weighted by molar-refractivity contribution is 14.0. The third-order valence-corrected chi connectivity index (χ3v) is 4.65. The molecule has 5 nitrogen and oxygen atoms in total. The van der Waals surface area contributed by atoms with Gasteiger partial charge in [0, 0.05) is 20.1 Å². The summed E-state index contributed by atoms with van der Waals surface area (Å²) in [6.07, 6.45) is 7.60. The number of nitrogens with one attached hydrogen (secondary N) is 2. The number of hydrogen-bond donors (Lipinski definition) is 2. The molecule has 1 aliphatic rings. The summed E-state index contributed by atoms with van der Waals surface area (Å²) >= 11 is 1.87. The number of aliphatic imine (C=N–C) groups is 1. The Hall–Kier alpha value is -0.410. The number of thioether (sulfide) groups is 1. The Balaban J connectivity index is 0.00000264. The Morgan fingerprint density at radius 3 is 2.78 bits per heavy atom. The third kappa shape index (κ3) is 6.93. The summed E-state index contributed by atoms with van der Waals surface area (Å²) < 4.78 is 5.64. The van der Waals surface area contributed by atoms with Crippen LogP contribution in [0.4, 0.5) is 0 Å². The zero-order valence-electron chi connectivity index (χ0n) is 14.1. The molecule has 1 unspecified atom stereocenters. The number of hydrogen-bond acceptors (Lipinski definition) is 4. The molecule has 1 saturated heterocycles. The van der Waals surface area contributed by atoms with Crippen LogP contribution in [-0.2, 0) is 0 Å². The van der Waals surface area contributed by atoms with Crippen LogP contribution in [0.5, 0.6) is 0 Å². The Morgan fingerprint density at radius 1 is 1.39 bits per heavy atom. The highest BCUT2D eigenvalue weighted by atomic mass is 127. The quantitative estimate of drug-likeness (QED) is 0.275. The maximum atomic E-state index is 5.64. The van der Waals surface area contributed by atoms with E-state index in [9.17, 15) is 0 Å². The van der Waals surface area contributed by atoms with Crippen molar-refractivity contribution in [3.8, 4) is 0 Å². The Labute approximate surface area is 161 Å². The summed E-state index contributed by atoms with van der Waals surface area (Å²) in [5.74, 6) is 3.08. The monoisotopic (exact) mass is 452 g/mol. The van der Waals surface area contributed by atoms with E-state index in [1.165, 1.54) is 18.6 Å². The highest BCUT2D eigenvalue weighted by Crippen LogP contribution is 2.24. The normalized spacial score (nSPS) is 16.9. The molecule has 2 N–H and O–H groups in total. The van der Waals surface area contributed by atoms with Crippen LogP contribution in [0.1, 0.15) is 31.1 Å². The molecule has 2 rings (SSSR count). The van der Waals surface area contributed by atoms with E-state index in [0.717, 1.165) is 44.3 Å². The van der Waals surface area contributed by atoms with Crippen molar-refractivity contribution in [2.24, 2.45) is 4.99 Å². The number of furan rings is 1. The molecule has 0 aromatic carbocycles. The molecule has 0 amide bonds. The van der Waals surface area contributed by atoms with Gasteiger partial charge in [0.25, 0.3) is 0 Å². The van der Waals surface area contributed by atoms with E-state index >= 15 is 0 Å². The molecule has 23 heavy (non-hydrogen) atoms. The van der Waals surface area contributed by atoms with Gasteiger partial charge in [-0.2, -0.15) is 11.8 Å². The number of rotatable bonds is 8. The summed E-state index contributed by atoms with van der Waals surface area (Å²) in [7, 11) is 1.82. The molecule has 132 valence electrons. The van der Waals surface area contributed by atoms with E-state index < -0.39 is 0 Å². The largest absolute Gasteiger partial charge is 0.468 e. The van der Waals surface area contributed by atoms with Crippen LogP contribution < -0.4 is 10.6 Å². The lowest BCUT2D eigenvalue weighted by Crippen LogP contribution is -2.42. The van der Waals surface area contributed by atoms with Crippen LogP contribution in [0.2, 0.25) is 0 Å². The van der Waals surface area contributed by atoms with Crippen molar-refractivity contribution in [1.29, 1.82) is 0 Å². The second kappa shape index (κ2) is 12.0. The van der Waals surface area contributed by atoms with E-state index in [0.29, 0.717) is 0 Å². The van der Waals surface area contributed by atoms with Crippen molar-refractivity contribution in [3.63, 3.8) is 0 Å². The predicted molar refractivity (Wildman–Crippen MR) is 110 cm³/mol. The molecule has 0 saturated carbocycles. The lowest BCUT2D eigenvalue weighted by atomic mass is 10.2. The van der Waals surface area contributed by atoms with Crippen LogP contribution in [0, 0.1) is 0 Å². The smallest absolute Gasteiger partial charge is 0.191 e. The third-order valence-electron chi connectivity index (χ3n) is 3.96. The van der Waals surface area contributed by atoms with E-state index in [1.807, 2.05) is 24.9 Å². The maximum absolute atomic E-state index is 5.64. The average Bonchev–Trinajstić information content (AvgIpc) is 3.23. The van der Waals surface area contributed by atoms with Gasteiger partial charge in [0.1, 0.15) is 5.76 Å². The molecular formula is C16H29IN4OS. The van der Waals surface area contributed by atoms with E-state index in [4.69, 9.17) is 4.42 Å². The second-order valence-corrected chi connectivity index (χ2v) is 6.49. The SMILES string of the molecule is CN=C(NCCCSC)NCC(c1ccco1)N1CCCC1.I. The summed E-state index contributed by atoms with van der Waals surface area (Å²) in [6.45, 7) is 4.06. The molecule has 1 aromatic heterocycles. The van der Waals surface area contributed by atoms with Crippen molar-refractivity contribution in [2.45, 2.75) is 25.3 Å². The minimum Gasteiger partial charge on any atom is -0.468 e. The molecule has 0 radical (unpaired) electrons. The van der Waals surface area contributed by atoms with Crippen molar-refractivity contribution in [2.75, 3.05) is 45.2 Å². The average molecular weight is 452 g/mol. The minimum absolute atomic E-state index is 0. The first-order valence-electron chi connectivity index (χ1n) is 8.06. The molecule has 1 aliphatic heterocycles. The molecule has 0 spiro atoms. The highest BCUT2D eigenvalue weighted by Gasteiger charge is 2.25. The number of halogens is 1. The topological polar surface area (TPSA) is 52.8 Å². The fraction of sp³-hybridized carbons (Fsp3) is 0.688. The fourth-order valence-corrected chi connectivity index (χ4v) is 3.21. The van der Waals surface area contributed by atoms with Crippen molar-refractivity contribution >= 4 is 41.7 Å². The van der Waals surface area contributed by atoms with Gasteiger partial charge in [-0.25, -0.2) is 0 Å². The zero-order chi connectivity index (χ0) is 15.6. The lowest BCUT2D eigenvalue weighted by Gasteiger charge is -2.26. The van der Waals surface area contributed by atoms with Gasteiger partial charge in [0.2, 0.25) is 0 Å². The van der Waals surface area contributed by atoms with E-state index in [2.05, 4.69) is 32.8 Å². The van der Waals surface area contributed by atoms with Crippen LogP contribution in [0.3, 0.4) is 0 Å². The molecular weight excluding hydrogens is 423 g/mol. The standard InChI is InChI=1S/C16H28N4OS.HI/c1-17-16(18-8-6-12-22-2)19-13-14(15-7-5-11-21-15)20-9-3-4-10-20;/h5,7,11,14H,3-4,6,8-10,12-13H2,1-2H3,(H2,17,18,19);1H. The summed E-state index contributed by atoms with van der Waals surface area (Å²) in [5.41, 5.74) is 0. The van der Waals surface area contributed by atoms with Crippen LogP contribution in [0.25, 0.3) is 0 Å². The van der Waals surface area contributed by atoms with E-state index in [1.54, 1.807) is 6.26 Å². The fourth-order valence-electron chi connectivity index (χ4n) is 2.78. The van der Waals surface area contributed by atoms with Gasteiger partial charge in [-0.3, -0.25) is 9.89 Å². The summed E-state index contributed by atoms with van der Waals surface area (Å²) in [5, 5.41) is 6.81. The first-order valence-corrected chi connectivity index (χ1v) is 9.45. The second-order valence-electron chi connectivity index (χ2n) is 5.50. The molecule has 2 heterocycles. The predicted octanol–water partition coefficient (Wildman–Crippen LogP) is 2.95. The Kier molecular flexibility index (Phi) is 10.8. The first kappa shape index (κ1) is 20.6. The molecule has 0 bridgehead atoms. The van der Waals surface area contributed by atoms with Gasteiger partial charge >= 0.3 is 0 Å². The Bertz CT molecular complexity index is 435. The molecule has 1 aromatic rings. The minimum atomic E-state index is 0. The van der Waals surface area contributed by atoms with Gasteiger partial charge in [-0.1, -0.05) is 0 Å². The summed E-state index contributed by atoms with van der Waals surface area (Å²) in [6, 6.07) is 4.31. The molecule has 1 atom stereocenters. The number of nitrogens with zero attached hydrogens (tertiary/aromatic N) is 2. The van der Waals surface area contributed by atoms with Gasteiger partial charge in [-0.15, -0.1) is 24.0 Å². The molecule has 0 aliphatic carbocycles. The molecule has 7 heteroatoms. The van der Waals surface area contributed by atoms with Crippen LogP contribution >= 0.6 is 35.7 Å². The van der Waals surface area contributed by atoms with Crippen LogP contribution in [-0.4, -0.2) is 56.1 Å². The van der Waals surface area contributed by atoms with Crippen molar-refractivity contribution in [1.82, 2.24) is 15.5 Å². The van der Waals surface area contributed by atoms with E-state index in [-0.39, 0.29) is 30.0 Å². The summed E-state index contributed by atoms with van der Waals surface area (Å²) in [4.78, 5) is 6.80.